The summed E-state index contributed by atoms with van der Waals surface area (Å²) in [4.78, 5) is 16.9. The molecular weight excluding hydrogens is 278 g/mol. The van der Waals surface area contributed by atoms with Crippen LogP contribution in [0.15, 0.2) is 59.6 Å². The average Bonchev–Trinajstić information content (AvgIpc) is 3.21. The standard InChI is InChI=1S/C18H15NO3/c1-21-14-9-7-12(8-10-14)15-11-18(15)17(20)22-16(19-18)13-5-3-2-4-6-13/h2-10,15H,11H2,1H3/t15-,18+/m1/s1. The van der Waals surface area contributed by atoms with Crippen molar-refractivity contribution >= 4 is 11.9 Å². The molecule has 1 spiro atoms. The van der Waals surface area contributed by atoms with Crippen LogP contribution < -0.4 is 4.74 Å². The highest BCUT2D eigenvalue weighted by molar-refractivity contribution is 6.09. The van der Waals surface area contributed by atoms with Gasteiger partial charge in [0.1, 0.15) is 5.75 Å². The van der Waals surface area contributed by atoms with Crippen LogP contribution >= 0.6 is 0 Å². The van der Waals surface area contributed by atoms with Gasteiger partial charge in [-0.15, -0.1) is 0 Å². The molecule has 0 aromatic heterocycles. The SMILES string of the molecule is COc1ccc([C@H]2C[C@]23N=C(c2ccccc2)OC3=O)cc1. The van der Waals surface area contributed by atoms with Crippen molar-refractivity contribution in [3.8, 4) is 5.75 Å². The average molecular weight is 293 g/mol. The summed E-state index contributed by atoms with van der Waals surface area (Å²) in [6.45, 7) is 0. The van der Waals surface area contributed by atoms with Gasteiger partial charge in [-0.05, 0) is 36.2 Å². The van der Waals surface area contributed by atoms with Gasteiger partial charge in [0, 0.05) is 11.5 Å². The van der Waals surface area contributed by atoms with Crippen LogP contribution in [0.25, 0.3) is 0 Å². The van der Waals surface area contributed by atoms with Gasteiger partial charge in [0.25, 0.3) is 0 Å². The number of carbonyl (C=O) groups excluding carboxylic acids is 1. The van der Waals surface area contributed by atoms with Crippen molar-refractivity contribution in [1.29, 1.82) is 0 Å². The Bertz CT molecular complexity index is 752. The van der Waals surface area contributed by atoms with Crippen LogP contribution in [0.3, 0.4) is 0 Å². The minimum absolute atomic E-state index is 0.0899. The van der Waals surface area contributed by atoms with E-state index in [2.05, 4.69) is 4.99 Å². The number of hydrogen-bond acceptors (Lipinski definition) is 4. The Morgan fingerprint density at radius 1 is 1.14 bits per heavy atom. The summed E-state index contributed by atoms with van der Waals surface area (Å²) in [6.07, 6.45) is 0.703. The third-order valence-corrected chi connectivity index (χ3v) is 4.31. The minimum atomic E-state index is -0.722. The molecule has 1 aliphatic heterocycles. The summed E-state index contributed by atoms with van der Waals surface area (Å²) < 4.78 is 10.6. The molecule has 4 nitrogen and oxygen atoms in total. The van der Waals surface area contributed by atoms with Crippen LogP contribution in [-0.2, 0) is 9.53 Å². The first kappa shape index (κ1) is 13.1. The molecule has 0 amide bonds. The molecule has 4 heteroatoms. The lowest BCUT2D eigenvalue weighted by molar-refractivity contribution is -0.136. The van der Waals surface area contributed by atoms with Gasteiger partial charge >= 0.3 is 5.97 Å². The van der Waals surface area contributed by atoms with E-state index in [-0.39, 0.29) is 11.9 Å². The van der Waals surface area contributed by atoms with Gasteiger partial charge in [-0.25, -0.2) is 9.79 Å². The molecule has 0 N–H and O–H groups in total. The second-order valence-electron chi connectivity index (χ2n) is 5.63. The number of aliphatic imine (C=N–C) groups is 1. The van der Waals surface area contributed by atoms with Gasteiger partial charge in [0.05, 0.1) is 7.11 Å². The molecule has 1 fully saturated rings. The van der Waals surface area contributed by atoms with E-state index in [1.54, 1.807) is 7.11 Å². The number of esters is 1. The van der Waals surface area contributed by atoms with Crippen LogP contribution in [0.2, 0.25) is 0 Å². The normalized spacial score (nSPS) is 25.8. The predicted molar refractivity (Wildman–Crippen MR) is 82.2 cm³/mol. The van der Waals surface area contributed by atoms with Crippen LogP contribution in [0.1, 0.15) is 23.5 Å². The lowest BCUT2D eigenvalue weighted by atomic mass is 10.1. The summed E-state index contributed by atoms with van der Waals surface area (Å²) in [5, 5.41) is 0. The molecule has 22 heavy (non-hydrogen) atoms. The molecule has 1 heterocycles. The molecule has 2 aromatic rings. The van der Waals surface area contributed by atoms with Crippen molar-refractivity contribution in [1.82, 2.24) is 0 Å². The molecule has 0 bridgehead atoms. The Morgan fingerprint density at radius 3 is 2.55 bits per heavy atom. The van der Waals surface area contributed by atoms with Crippen LogP contribution in [0, 0.1) is 0 Å². The van der Waals surface area contributed by atoms with E-state index in [0.717, 1.165) is 16.9 Å². The molecule has 2 aliphatic rings. The molecule has 0 saturated heterocycles. The second-order valence-corrected chi connectivity index (χ2v) is 5.63. The first-order chi connectivity index (χ1) is 10.7. The van der Waals surface area contributed by atoms with Crippen molar-refractivity contribution in [2.45, 2.75) is 17.9 Å². The number of carbonyl (C=O) groups is 1. The number of cyclic esters (lactones) is 1. The molecule has 4 rings (SSSR count). The topological polar surface area (TPSA) is 47.9 Å². The van der Waals surface area contributed by atoms with Gasteiger partial charge in [0.2, 0.25) is 5.90 Å². The highest BCUT2D eigenvalue weighted by atomic mass is 16.6. The maximum Gasteiger partial charge on any atom is 0.341 e. The minimum Gasteiger partial charge on any atom is -0.497 e. The molecular formula is C18H15NO3. The quantitative estimate of drug-likeness (QED) is 0.817. The third-order valence-electron chi connectivity index (χ3n) is 4.31. The number of hydrogen-bond donors (Lipinski definition) is 0. The Hall–Kier alpha value is -2.62. The van der Waals surface area contributed by atoms with Crippen molar-refractivity contribution in [3.05, 3.63) is 65.7 Å². The van der Waals surface area contributed by atoms with Crippen LogP contribution in [-0.4, -0.2) is 24.5 Å². The van der Waals surface area contributed by atoms with Gasteiger partial charge in [0.15, 0.2) is 5.54 Å². The van der Waals surface area contributed by atoms with Crippen LogP contribution in [0.4, 0.5) is 0 Å². The second kappa shape index (κ2) is 4.70. The number of ether oxygens (including phenoxy) is 2. The predicted octanol–water partition coefficient (Wildman–Crippen LogP) is 2.92. The molecule has 2 atom stereocenters. The lowest BCUT2D eigenvalue weighted by Gasteiger charge is -2.04. The zero-order valence-electron chi connectivity index (χ0n) is 12.2. The van der Waals surface area contributed by atoms with E-state index in [1.807, 2.05) is 54.6 Å². The number of rotatable bonds is 3. The summed E-state index contributed by atoms with van der Waals surface area (Å²) in [7, 11) is 1.64. The van der Waals surface area contributed by atoms with E-state index >= 15 is 0 Å². The fourth-order valence-corrected chi connectivity index (χ4v) is 2.96. The smallest absolute Gasteiger partial charge is 0.341 e. The van der Waals surface area contributed by atoms with Gasteiger partial charge in [-0.3, -0.25) is 0 Å². The van der Waals surface area contributed by atoms with E-state index in [4.69, 9.17) is 9.47 Å². The molecule has 0 unspecified atom stereocenters. The largest absolute Gasteiger partial charge is 0.497 e. The van der Waals surface area contributed by atoms with Gasteiger partial charge in [-0.2, -0.15) is 0 Å². The zero-order chi connectivity index (χ0) is 15.2. The van der Waals surface area contributed by atoms with Crippen molar-refractivity contribution in [2.24, 2.45) is 4.99 Å². The summed E-state index contributed by atoms with van der Waals surface area (Å²) in [5.41, 5.74) is 1.21. The molecule has 2 aromatic carbocycles. The molecule has 110 valence electrons. The summed E-state index contributed by atoms with van der Waals surface area (Å²) >= 11 is 0. The fraction of sp³-hybridized carbons (Fsp3) is 0.222. The first-order valence-corrected chi connectivity index (χ1v) is 7.24. The fourth-order valence-electron chi connectivity index (χ4n) is 2.96. The van der Waals surface area contributed by atoms with Gasteiger partial charge in [-0.1, -0.05) is 30.3 Å². The van der Waals surface area contributed by atoms with E-state index in [9.17, 15) is 4.79 Å². The molecule has 1 saturated carbocycles. The summed E-state index contributed by atoms with van der Waals surface area (Å²) in [6, 6.07) is 17.3. The zero-order valence-corrected chi connectivity index (χ0v) is 12.2. The first-order valence-electron chi connectivity index (χ1n) is 7.24. The molecule has 0 radical (unpaired) electrons. The van der Waals surface area contributed by atoms with E-state index in [0.29, 0.717) is 12.3 Å². The lowest BCUT2D eigenvalue weighted by Crippen LogP contribution is -2.18. The van der Waals surface area contributed by atoms with E-state index in [1.165, 1.54) is 0 Å². The number of nitrogens with zero attached hydrogens (tertiary/aromatic N) is 1. The Morgan fingerprint density at radius 2 is 1.86 bits per heavy atom. The number of benzene rings is 2. The highest BCUT2D eigenvalue weighted by Gasteiger charge is 2.65. The van der Waals surface area contributed by atoms with Crippen molar-refractivity contribution < 1.29 is 14.3 Å². The molecule has 1 aliphatic carbocycles. The Labute approximate surface area is 128 Å². The number of methoxy groups -OCH3 is 1. The maximum absolute atomic E-state index is 12.3. The van der Waals surface area contributed by atoms with Crippen LogP contribution in [0.5, 0.6) is 5.75 Å². The van der Waals surface area contributed by atoms with Crippen molar-refractivity contribution in [2.75, 3.05) is 7.11 Å². The third kappa shape index (κ3) is 1.91. The van der Waals surface area contributed by atoms with Gasteiger partial charge < -0.3 is 9.47 Å². The maximum atomic E-state index is 12.3. The highest BCUT2D eigenvalue weighted by Crippen LogP contribution is 2.57. The van der Waals surface area contributed by atoms with Crippen molar-refractivity contribution in [3.63, 3.8) is 0 Å². The summed E-state index contributed by atoms with van der Waals surface area (Å²) in [5.74, 6) is 1.09. The monoisotopic (exact) mass is 293 g/mol. The Kier molecular flexibility index (Phi) is 2.79. The van der Waals surface area contributed by atoms with E-state index < -0.39 is 5.54 Å². The Balaban J connectivity index is 1.63.